The molecular formula is C18H19ClN4O2. The first-order chi connectivity index (χ1) is 12.2. The van der Waals surface area contributed by atoms with Gasteiger partial charge in [-0.2, -0.15) is 0 Å². The zero-order valence-electron chi connectivity index (χ0n) is 13.8. The van der Waals surface area contributed by atoms with Crippen molar-refractivity contribution in [3.05, 3.63) is 40.4 Å². The summed E-state index contributed by atoms with van der Waals surface area (Å²) in [4.78, 5) is 15.1. The molecule has 3 aliphatic rings. The first kappa shape index (κ1) is 15.2. The van der Waals surface area contributed by atoms with Crippen molar-refractivity contribution in [2.45, 2.75) is 44.2 Å². The Balaban J connectivity index is 1.39. The van der Waals surface area contributed by atoms with Crippen LogP contribution in [0.25, 0.3) is 0 Å². The summed E-state index contributed by atoms with van der Waals surface area (Å²) >= 11 is 6.14. The lowest BCUT2D eigenvalue weighted by atomic mass is 9.91. The van der Waals surface area contributed by atoms with E-state index in [-0.39, 0.29) is 11.8 Å². The molecule has 5 rings (SSSR count). The molecule has 7 heteroatoms. The minimum absolute atomic E-state index is 0.133. The van der Waals surface area contributed by atoms with Crippen LogP contribution in [0.5, 0.6) is 5.75 Å². The summed E-state index contributed by atoms with van der Waals surface area (Å²) in [7, 11) is 0. The maximum Gasteiger partial charge on any atom is 0.230 e. The van der Waals surface area contributed by atoms with Gasteiger partial charge in [0.2, 0.25) is 5.91 Å². The van der Waals surface area contributed by atoms with E-state index in [0.29, 0.717) is 37.1 Å². The van der Waals surface area contributed by atoms with Gasteiger partial charge in [0.05, 0.1) is 19.1 Å². The van der Waals surface area contributed by atoms with Gasteiger partial charge < -0.3 is 14.2 Å². The van der Waals surface area contributed by atoms with Crippen LogP contribution in [0.15, 0.2) is 18.2 Å². The van der Waals surface area contributed by atoms with Crippen molar-refractivity contribution in [1.82, 2.24) is 19.7 Å². The third kappa shape index (κ3) is 2.59. The van der Waals surface area contributed by atoms with E-state index in [1.165, 1.54) is 12.8 Å². The van der Waals surface area contributed by atoms with Crippen molar-refractivity contribution in [1.29, 1.82) is 0 Å². The molecule has 130 valence electrons. The average Bonchev–Trinajstić information content (AvgIpc) is 3.39. The molecular weight excluding hydrogens is 340 g/mol. The highest BCUT2D eigenvalue weighted by atomic mass is 35.5. The summed E-state index contributed by atoms with van der Waals surface area (Å²) in [5, 5.41) is 9.31. The number of ether oxygens (including phenoxy) is 1. The quantitative estimate of drug-likeness (QED) is 0.828. The fourth-order valence-corrected chi connectivity index (χ4v) is 4.03. The van der Waals surface area contributed by atoms with Crippen molar-refractivity contribution in [2.75, 3.05) is 13.2 Å². The molecule has 1 unspecified atom stereocenters. The van der Waals surface area contributed by atoms with E-state index in [4.69, 9.17) is 16.3 Å². The second kappa shape index (κ2) is 5.73. The van der Waals surface area contributed by atoms with E-state index < -0.39 is 0 Å². The van der Waals surface area contributed by atoms with Gasteiger partial charge in [-0.1, -0.05) is 11.6 Å². The zero-order valence-corrected chi connectivity index (χ0v) is 14.6. The summed E-state index contributed by atoms with van der Waals surface area (Å²) in [5.74, 6) is 3.29. The van der Waals surface area contributed by atoms with Gasteiger partial charge in [-0.15, -0.1) is 10.2 Å². The summed E-state index contributed by atoms with van der Waals surface area (Å²) in [5.41, 5.74) is 0.898. The maximum absolute atomic E-state index is 13.2. The number of aromatic nitrogens is 3. The Morgan fingerprint density at radius 2 is 2.08 bits per heavy atom. The van der Waals surface area contributed by atoms with Crippen LogP contribution in [-0.2, 0) is 17.9 Å². The Bertz CT molecular complexity index is 846. The highest BCUT2D eigenvalue weighted by molar-refractivity contribution is 6.30. The van der Waals surface area contributed by atoms with Gasteiger partial charge in [0.25, 0.3) is 0 Å². The predicted octanol–water partition coefficient (Wildman–Crippen LogP) is 2.72. The molecule has 1 fully saturated rings. The Kier molecular flexibility index (Phi) is 3.48. The highest BCUT2D eigenvalue weighted by Crippen LogP contribution is 2.40. The van der Waals surface area contributed by atoms with Crippen LogP contribution < -0.4 is 4.74 Å². The molecule has 2 aliphatic heterocycles. The molecule has 0 radical (unpaired) electrons. The topological polar surface area (TPSA) is 60.2 Å². The Labute approximate surface area is 150 Å². The first-order valence-corrected chi connectivity index (χ1v) is 9.21. The van der Waals surface area contributed by atoms with Gasteiger partial charge in [0.1, 0.15) is 11.6 Å². The molecule has 1 aliphatic carbocycles. The van der Waals surface area contributed by atoms with Crippen LogP contribution in [0.2, 0.25) is 5.02 Å². The fraction of sp³-hybridized carbons (Fsp3) is 0.500. The van der Waals surface area contributed by atoms with Crippen LogP contribution in [0.3, 0.4) is 0 Å². The van der Waals surface area contributed by atoms with E-state index in [1.54, 1.807) is 6.07 Å². The largest absolute Gasteiger partial charge is 0.493 e. The van der Waals surface area contributed by atoms with Crippen molar-refractivity contribution >= 4 is 17.5 Å². The number of hydrogen-bond acceptors (Lipinski definition) is 4. The molecule has 1 amide bonds. The van der Waals surface area contributed by atoms with Gasteiger partial charge in [-0.05, 0) is 37.5 Å². The maximum atomic E-state index is 13.2. The molecule has 0 spiro atoms. The molecule has 1 aromatic carbocycles. The fourth-order valence-electron chi connectivity index (χ4n) is 3.85. The second-order valence-corrected chi connectivity index (χ2v) is 7.47. The van der Waals surface area contributed by atoms with Gasteiger partial charge >= 0.3 is 0 Å². The second-order valence-electron chi connectivity index (χ2n) is 7.03. The molecule has 25 heavy (non-hydrogen) atoms. The summed E-state index contributed by atoms with van der Waals surface area (Å²) in [6, 6.07) is 5.51. The van der Waals surface area contributed by atoms with Gasteiger partial charge in [0, 0.05) is 29.6 Å². The minimum atomic E-state index is -0.195. The highest BCUT2D eigenvalue weighted by Gasteiger charge is 2.36. The zero-order chi connectivity index (χ0) is 17.0. The molecule has 2 aromatic rings. The van der Waals surface area contributed by atoms with E-state index in [9.17, 15) is 4.79 Å². The molecule has 0 saturated heterocycles. The number of carbonyl (C=O) groups excluding carboxylic acids is 1. The number of rotatable bonds is 2. The van der Waals surface area contributed by atoms with Gasteiger partial charge in [-0.3, -0.25) is 4.79 Å². The average molecular weight is 359 g/mol. The van der Waals surface area contributed by atoms with E-state index in [2.05, 4.69) is 14.8 Å². The lowest BCUT2D eigenvalue weighted by Crippen LogP contribution is -2.42. The molecule has 1 saturated carbocycles. The molecule has 6 nitrogen and oxygen atoms in total. The number of fused-ring (bicyclic) bond motifs is 2. The smallest absolute Gasteiger partial charge is 0.230 e. The summed E-state index contributed by atoms with van der Waals surface area (Å²) in [6.07, 6.45) is 3.10. The molecule has 3 heterocycles. The molecule has 1 aromatic heterocycles. The van der Waals surface area contributed by atoms with Crippen molar-refractivity contribution in [3.8, 4) is 5.75 Å². The van der Waals surface area contributed by atoms with Gasteiger partial charge in [-0.25, -0.2) is 0 Å². The van der Waals surface area contributed by atoms with E-state index in [0.717, 1.165) is 29.5 Å². The lowest BCUT2D eigenvalue weighted by molar-refractivity contribution is -0.135. The number of halogens is 1. The standard InChI is InChI=1S/C18H19ClN4O2/c19-12-3-4-15-14(9-12)13(5-8-25-15)18(24)22-6-7-23-16(10-22)20-21-17(23)11-1-2-11/h3-4,9,11,13H,1-2,5-8,10H2. The van der Waals surface area contributed by atoms with E-state index >= 15 is 0 Å². The number of amides is 1. The Morgan fingerprint density at radius 1 is 1.20 bits per heavy atom. The third-order valence-corrected chi connectivity index (χ3v) is 5.58. The first-order valence-electron chi connectivity index (χ1n) is 8.83. The minimum Gasteiger partial charge on any atom is -0.493 e. The molecule has 0 N–H and O–H groups in total. The SMILES string of the molecule is O=C(C1CCOc2ccc(Cl)cc21)N1CCn2c(nnc2C2CC2)C1. The van der Waals surface area contributed by atoms with E-state index in [1.807, 2.05) is 17.0 Å². The number of carbonyl (C=O) groups is 1. The number of benzene rings is 1. The van der Waals surface area contributed by atoms with Crippen LogP contribution in [0.4, 0.5) is 0 Å². The predicted molar refractivity (Wildman–Crippen MR) is 91.7 cm³/mol. The lowest BCUT2D eigenvalue weighted by Gasteiger charge is -2.33. The molecule has 1 atom stereocenters. The molecule has 0 bridgehead atoms. The van der Waals surface area contributed by atoms with Crippen molar-refractivity contribution in [3.63, 3.8) is 0 Å². The summed E-state index contributed by atoms with van der Waals surface area (Å²) < 4.78 is 7.89. The van der Waals surface area contributed by atoms with Crippen LogP contribution >= 0.6 is 11.6 Å². The van der Waals surface area contributed by atoms with Gasteiger partial charge in [0.15, 0.2) is 5.82 Å². The van der Waals surface area contributed by atoms with Crippen LogP contribution in [-0.4, -0.2) is 38.7 Å². The number of nitrogens with zero attached hydrogens (tertiary/aromatic N) is 4. The normalized spacial score (nSPS) is 22.1. The van der Waals surface area contributed by atoms with Crippen molar-refractivity contribution in [2.24, 2.45) is 0 Å². The van der Waals surface area contributed by atoms with Crippen molar-refractivity contribution < 1.29 is 9.53 Å². The van der Waals surface area contributed by atoms with Crippen LogP contribution in [0, 0.1) is 0 Å². The summed E-state index contributed by atoms with van der Waals surface area (Å²) in [6.45, 7) is 2.58. The van der Waals surface area contributed by atoms with Crippen LogP contribution in [0.1, 0.15) is 48.3 Å². The third-order valence-electron chi connectivity index (χ3n) is 5.35. The number of hydrogen-bond donors (Lipinski definition) is 0. The Morgan fingerprint density at radius 3 is 2.92 bits per heavy atom. The Hall–Kier alpha value is -2.08. The monoisotopic (exact) mass is 358 g/mol.